The van der Waals surface area contributed by atoms with E-state index in [1.807, 2.05) is 24.3 Å². The van der Waals surface area contributed by atoms with Gasteiger partial charge >= 0.3 is 8.05 Å². The summed E-state index contributed by atoms with van der Waals surface area (Å²) in [7, 11) is 3.27. The van der Waals surface area contributed by atoms with Crippen LogP contribution in [0.15, 0.2) is 24.3 Å². The smallest absolute Gasteiger partial charge is 0.322 e. The average Bonchev–Trinajstić information content (AvgIpc) is 2.05. The Kier molecular flexibility index (Phi) is 2.21. The predicted octanol–water partition coefficient (Wildman–Crippen LogP) is 0.622. The fourth-order valence-corrected chi connectivity index (χ4v) is 0.728. The third-order valence-corrected chi connectivity index (χ3v) is 1.28. The van der Waals surface area contributed by atoms with Crippen molar-refractivity contribution in [2.75, 3.05) is 7.11 Å². The Bertz CT molecular complexity index is 193. The quantitative estimate of drug-likeness (QED) is 0.555. The molecule has 3 heteroatoms. The summed E-state index contributed by atoms with van der Waals surface area (Å²) in [5.74, 6) is 1.64. The first-order valence-electron chi connectivity index (χ1n) is 3.05. The van der Waals surface area contributed by atoms with Crippen LogP contribution in [0.5, 0.6) is 11.5 Å². The largest absolute Gasteiger partial charge is 0.568 e. The zero-order valence-corrected chi connectivity index (χ0v) is 6.13. The van der Waals surface area contributed by atoms with Crippen LogP contribution < -0.4 is 9.39 Å². The van der Waals surface area contributed by atoms with Gasteiger partial charge in [0.2, 0.25) is 0 Å². The molecule has 1 aromatic carbocycles. The molecule has 0 aromatic heterocycles. The molecule has 1 rings (SSSR count). The zero-order chi connectivity index (χ0) is 7.40. The molecule has 0 heterocycles. The second-order valence-corrected chi connectivity index (χ2v) is 1.88. The summed E-state index contributed by atoms with van der Waals surface area (Å²) in [6.07, 6.45) is 0. The normalized spacial score (nSPS) is 8.90. The maximum Gasteiger partial charge on any atom is 0.322 e. The maximum absolute atomic E-state index is 4.98. The molecule has 2 nitrogen and oxygen atoms in total. The van der Waals surface area contributed by atoms with Crippen molar-refractivity contribution in [3.8, 4) is 11.5 Å². The maximum atomic E-state index is 4.98. The van der Waals surface area contributed by atoms with E-state index in [4.69, 9.17) is 9.39 Å². The molecule has 0 unspecified atom stereocenters. The number of hydrogen-bond acceptors (Lipinski definition) is 2. The van der Waals surface area contributed by atoms with E-state index < -0.39 is 0 Å². The lowest BCUT2D eigenvalue weighted by Crippen LogP contribution is -1.86. The van der Waals surface area contributed by atoms with Gasteiger partial charge in [0.1, 0.15) is 11.5 Å². The molecule has 0 aliphatic rings. The van der Waals surface area contributed by atoms with Gasteiger partial charge in [-0.15, -0.1) is 0 Å². The van der Waals surface area contributed by atoms with Gasteiger partial charge in [0.05, 0.1) is 7.11 Å². The van der Waals surface area contributed by atoms with Crippen molar-refractivity contribution < 1.29 is 9.39 Å². The Morgan fingerprint density at radius 2 is 2.00 bits per heavy atom. The first kappa shape index (κ1) is 7.00. The van der Waals surface area contributed by atoms with Crippen LogP contribution in [0, 0.1) is 0 Å². The third kappa shape index (κ3) is 1.44. The molecule has 0 atom stereocenters. The lowest BCUT2D eigenvalue weighted by Gasteiger charge is -2.02. The van der Waals surface area contributed by atoms with Crippen molar-refractivity contribution in [1.29, 1.82) is 0 Å². The fraction of sp³-hybridized carbons (Fsp3) is 0.143. The molecular weight excluding hydrogens is 127 g/mol. The molecule has 0 saturated carbocycles. The Morgan fingerprint density at radius 3 is 2.60 bits per heavy atom. The summed E-state index contributed by atoms with van der Waals surface area (Å²) in [5.41, 5.74) is 0. The lowest BCUT2D eigenvalue weighted by molar-refractivity contribution is 0.413. The van der Waals surface area contributed by atoms with Crippen molar-refractivity contribution in [2.45, 2.75) is 0 Å². The van der Waals surface area contributed by atoms with E-state index in [0.717, 1.165) is 11.5 Å². The summed E-state index contributed by atoms with van der Waals surface area (Å²) < 4.78 is 9.95. The summed E-state index contributed by atoms with van der Waals surface area (Å²) >= 11 is 0. The van der Waals surface area contributed by atoms with Gasteiger partial charge in [-0.05, 0) is 12.1 Å². The van der Waals surface area contributed by atoms with Crippen molar-refractivity contribution in [1.82, 2.24) is 0 Å². The van der Waals surface area contributed by atoms with Crippen LogP contribution in [0.25, 0.3) is 0 Å². The molecule has 0 spiro atoms. The van der Waals surface area contributed by atoms with Gasteiger partial charge in [-0.2, -0.15) is 0 Å². The molecule has 1 aromatic rings. The lowest BCUT2D eigenvalue weighted by atomic mass is 10.3. The van der Waals surface area contributed by atoms with Crippen LogP contribution in [-0.2, 0) is 0 Å². The molecule has 0 N–H and O–H groups in total. The van der Waals surface area contributed by atoms with Gasteiger partial charge in [0, 0.05) is 6.07 Å². The van der Waals surface area contributed by atoms with Gasteiger partial charge in [-0.3, -0.25) is 0 Å². The van der Waals surface area contributed by atoms with Crippen LogP contribution in [0.3, 0.4) is 0 Å². The topological polar surface area (TPSA) is 18.5 Å². The molecule has 0 saturated heterocycles. The number of ether oxygens (including phenoxy) is 1. The van der Waals surface area contributed by atoms with Crippen LogP contribution >= 0.6 is 0 Å². The summed E-state index contributed by atoms with van der Waals surface area (Å²) in [6.45, 7) is 0. The average molecular weight is 136 g/mol. The molecule has 0 aliphatic carbocycles. The Hall–Kier alpha value is -1.12. The molecule has 10 heavy (non-hydrogen) atoms. The van der Waals surface area contributed by atoms with E-state index in [0.29, 0.717) is 0 Å². The predicted molar refractivity (Wildman–Crippen MR) is 42.2 cm³/mol. The molecule has 0 aliphatic heterocycles. The Labute approximate surface area is 61.2 Å². The van der Waals surface area contributed by atoms with Crippen molar-refractivity contribution in [2.24, 2.45) is 0 Å². The second kappa shape index (κ2) is 3.15. The van der Waals surface area contributed by atoms with Gasteiger partial charge in [0.15, 0.2) is 0 Å². The number of methoxy groups -OCH3 is 1. The van der Waals surface area contributed by atoms with Gasteiger partial charge in [-0.1, -0.05) is 6.07 Å². The van der Waals surface area contributed by atoms with Crippen LogP contribution in [-0.4, -0.2) is 15.2 Å². The van der Waals surface area contributed by atoms with Crippen molar-refractivity contribution >= 4 is 8.05 Å². The van der Waals surface area contributed by atoms with Crippen molar-refractivity contribution in [3.05, 3.63) is 24.3 Å². The SMILES string of the molecule is BOc1cccc(OC)c1. The fourth-order valence-electron chi connectivity index (χ4n) is 0.728. The Balaban J connectivity index is 2.87. The summed E-state index contributed by atoms with van der Waals surface area (Å²) in [5, 5.41) is 0. The third-order valence-electron chi connectivity index (χ3n) is 1.28. The van der Waals surface area contributed by atoms with Crippen LogP contribution in [0.1, 0.15) is 0 Å². The van der Waals surface area contributed by atoms with Crippen LogP contribution in [0.2, 0.25) is 0 Å². The van der Waals surface area contributed by atoms with E-state index in [2.05, 4.69) is 0 Å². The number of hydrogen-bond donors (Lipinski definition) is 0. The summed E-state index contributed by atoms with van der Waals surface area (Å²) in [4.78, 5) is 0. The molecular formula is C7H9BO2. The molecule has 0 fully saturated rings. The highest BCUT2D eigenvalue weighted by atomic mass is 16.5. The van der Waals surface area contributed by atoms with Gasteiger partial charge in [0.25, 0.3) is 0 Å². The zero-order valence-electron chi connectivity index (χ0n) is 6.13. The van der Waals surface area contributed by atoms with E-state index in [-0.39, 0.29) is 0 Å². The first-order valence-corrected chi connectivity index (χ1v) is 3.05. The molecule has 0 amide bonds. The minimum Gasteiger partial charge on any atom is -0.568 e. The van der Waals surface area contributed by atoms with E-state index in [1.165, 1.54) is 0 Å². The van der Waals surface area contributed by atoms with E-state index >= 15 is 0 Å². The van der Waals surface area contributed by atoms with Crippen molar-refractivity contribution in [3.63, 3.8) is 0 Å². The highest BCUT2D eigenvalue weighted by Gasteiger charge is 1.91. The molecule has 0 radical (unpaired) electrons. The second-order valence-electron chi connectivity index (χ2n) is 1.88. The van der Waals surface area contributed by atoms with Gasteiger partial charge < -0.3 is 9.39 Å². The standard InChI is InChI=1S/C7H9BO2/c1-9-6-3-2-4-7(5-6)10-8/h2-5H,8H2,1H3. The molecule has 0 bridgehead atoms. The highest BCUT2D eigenvalue weighted by molar-refractivity contribution is 5.99. The van der Waals surface area contributed by atoms with Crippen LogP contribution in [0.4, 0.5) is 0 Å². The highest BCUT2D eigenvalue weighted by Crippen LogP contribution is 2.17. The monoisotopic (exact) mass is 136 g/mol. The minimum absolute atomic E-state index is 0.819. The first-order chi connectivity index (χ1) is 4.86. The molecule has 52 valence electrons. The minimum atomic E-state index is 0.819. The van der Waals surface area contributed by atoms with Gasteiger partial charge in [-0.25, -0.2) is 0 Å². The number of benzene rings is 1. The summed E-state index contributed by atoms with van der Waals surface area (Å²) in [6, 6.07) is 7.47. The Morgan fingerprint density at radius 1 is 1.30 bits per heavy atom. The van der Waals surface area contributed by atoms with E-state index in [1.54, 1.807) is 15.2 Å². The van der Waals surface area contributed by atoms with E-state index in [9.17, 15) is 0 Å². The number of rotatable bonds is 2.